The van der Waals surface area contributed by atoms with Crippen LogP contribution in [0.5, 0.6) is 0 Å². The highest BCUT2D eigenvalue weighted by Gasteiger charge is 2.31. The highest BCUT2D eigenvalue weighted by Crippen LogP contribution is 2.32. The third-order valence-corrected chi connectivity index (χ3v) is 5.16. The van der Waals surface area contributed by atoms with Gasteiger partial charge in [0.1, 0.15) is 0 Å². The molecule has 1 aliphatic carbocycles. The zero-order valence-electron chi connectivity index (χ0n) is 13.7. The first-order valence-electron chi connectivity index (χ1n) is 8.80. The summed E-state index contributed by atoms with van der Waals surface area (Å²) in [6, 6.07) is 0.738. The molecule has 1 heterocycles. The van der Waals surface area contributed by atoms with E-state index in [2.05, 4.69) is 31.0 Å². The van der Waals surface area contributed by atoms with E-state index in [0.29, 0.717) is 6.10 Å². The van der Waals surface area contributed by atoms with Crippen LogP contribution in [0.15, 0.2) is 0 Å². The topological polar surface area (TPSA) is 24.5 Å². The monoisotopic (exact) mass is 282 g/mol. The van der Waals surface area contributed by atoms with Gasteiger partial charge in [0.25, 0.3) is 0 Å². The molecule has 4 unspecified atom stereocenters. The molecule has 1 N–H and O–H groups in total. The molecule has 1 aliphatic heterocycles. The van der Waals surface area contributed by atoms with E-state index in [0.717, 1.165) is 37.6 Å². The molecule has 3 heteroatoms. The molecular formula is C17H34N2O. The number of hydrogen-bond acceptors (Lipinski definition) is 3. The van der Waals surface area contributed by atoms with Crippen LogP contribution in [0.25, 0.3) is 0 Å². The minimum atomic E-state index is 0.403. The number of nitrogens with one attached hydrogen (secondary N) is 1. The van der Waals surface area contributed by atoms with Crippen molar-refractivity contribution in [1.82, 2.24) is 10.2 Å². The summed E-state index contributed by atoms with van der Waals surface area (Å²) in [5, 5.41) is 3.74. The van der Waals surface area contributed by atoms with E-state index < -0.39 is 0 Å². The molecule has 1 saturated heterocycles. The average Bonchev–Trinajstić information content (AvgIpc) is 2.65. The maximum Gasteiger partial charge on any atom is 0.0673 e. The quantitative estimate of drug-likeness (QED) is 0.839. The first-order chi connectivity index (χ1) is 9.72. The van der Waals surface area contributed by atoms with Crippen LogP contribution in [-0.2, 0) is 4.74 Å². The standard InChI is InChI=1S/C17H34N2O/c1-4-15-7-8-17(18-5-2)16(11-15)13-19-9-6-10-20-14(3)12-19/h14-18H,4-13H2,1-3H3. The molecule has 0 radical (unpaired) electrons. The molecule has 0 aromatic heterocycles. The van der Waals surface area contributed by atoms with E-state index in [1.807, 2.05) is 0 Å². The predicted molar refractivity (Wildman–Crippen MR) is 85.1 cm³/mol. The van der Waals surface area contributed by atoms with Crippen molar-refractivity contribution in [2.75, 3.05) is 32.8 Å². The van der Waals surface area contributed by atoms with E-state index in [1.165, 1.54) is 45.2 Å². The van der Waals surface area contributed by atoms with Crippen molar-refractivity contribution >= 4 is 0 Å². The lowest BCUT2D eigenvalue weighted by Crippen LogP contribution is -2.46. The van der Waals surface area contributed by atoms with Crippen LogP contribution >= 0.6 is 0 Å². The van der Waals surface area contributed by atoms with Gasteiger partial charge in [-0.25, -0.2) is 0 Å². The summed E-state index contributed by atoms with van der Waals surface area (Å²) in [5.74, 6) is 1.79. The van der Waals surface area contributed by atoms with Gasteiger partial charge in [0.15, 0.2) is 0 Å². The van der Waals surface area contributed by atoms with Gasteiger partial charge in [0.2, 0.25) is 0 Å². The van der Waals surface area contributed by atoms with Gasteiger partial charge in [-0.2, -0.15) is 0 Å². The second-order valence-corrected chi connectivity index (χ2v) is 6.81. The summed E-state index contributed by atoms with van der Waals surface area (Å²) in [7, 11) is 0. The molecule has 0 spiro atoms. The normalized spacial score (nSPS) is 36.8. The zero-order valence-corrected chi connectivity index (χ0v) is 13.7. The molecule has 3 nitrogen and oxygen atoms in total. The fourth-order valence-corrected chi connectivity index (χ4v) is 4.04. The number of rotatable bonds is 5. The third-order valence-electron chi connectivity index (χ3n) is 5.16. The van der Waals surface area contributed by atoms with Crippen molar-refractivity contribution in [3.8, 4) is 0 Å². The Morgan fingerprint density at radius 2 is 2.10 bits per heavy atom. The summed E-state index contributed by atoms with van der Waals surface area (Å²) in [6.45, 7) is 12.5. The molecule has 0 amide bonds. The first-order valence-corrected chi connectivity index (χ1v) is 8.80. The number of nitrogens with zero attached hydrogens (tertiary/aromatic N) is 1. The molecule has 0 bridgehead atoms. The number of ether oxygens (including phenoxy) is 1. The molecule has 0 aromatic rings. The second-order valence-electron chi connectivity index (χ2n) is 6.81. The molecule has 0 aromatic carbocycles. The van der Waals surface area contributed by atoms with Gasteiger partial charge in [-0.05, 0) is 51.0 Å². The summed E-state index contributed by atoms with van der Waals surface area (Å²) < 4.78 is 5.78. The van der Waals surface area contributed by atoms with Crippen LogP contribution in [0, 0.1) is 11.8 Å². The van der Waals surface area contributed by atoms with Crippen molar-refractivity contribution in [3.05, 3.63) is 0 Å². The largest absolute Gasteiger partial charge is 0.377 e. The van der Waals surface area contributed by atoms with E-state index in [9.17, 15) is 0 Å². The van der Waals surface area contributed by atoms with Crippen LogP contribution in [0.4, 0.5) is 0 Å². The highest BCUT2D eigenvalue weighted by atomic mass is 16.5. The van der Waals surface area contributed by atoms with Crippen molar-refractivity contribution in [3.63, 3.8) is 0 Å². The predicted octanol–water partition coefficient (Wildman–Crippen LogP) is 2.90. The van der Waals surface area contributed by atoms with Crippen LogP contribution < -0.4 is 5.32 Å². The second kappa shape index (κ2) is 8.35. The molecule has 2 fully saturated rings. The number of hydrogen-bond donors (Lipinski definition) is 1. The summed E-state index contributed by atoms with van der Waals surface area (Å²) in [6.07, 6.45) is 7.16. The zero-order chi connectivity index (χ0) is 14.4. The fourth-order valence-electron chi connectivity index (χ4n) is 4.04. The lowest BCUT2D eigenvalue weighted by Gasteiger charge is -2.39. The van der Waals surface area contributed by atoms with E-state index in [-0.39, 0.29) is 0 Å². The van der Waals surface area contributed by atoms with Crippen molar-refractivity contribution < 1.29 is 4.74 Å². The first kappa shape index (κ1) is 16.3. The Morgan fingerprint density at radius 1 is 1.25 bits per heavy atom. The van der Waals surface area contributed by atoms with E-state index >= 15 is 0 Å². The van der Waals surface area contributed by atoms with Gasteiger partial charge in [0, 0.05) is 32.3 Å². The fraction of sp³-hybridized carbons (Fsp3) is 1.00. The van der Waals surface area contributed by atoms with Crippen LogP contribution in [0.1, 0.15) is 52.9 Å². The van der Waals surface area contributed by atoms with Crippen LogP contribution in [-0.4, -0.2) is 49.8 Å². The van der Waals surface area contributed by atoms with Crippen LogP contribution in [0.3, 0.4) is 0 Å². The van der Waals surface area contributed by atoms with E-state index in [4.69, 9.17) is 4.74 Å². The Hall–Kier alpha value is -0.120. The third kappa shape index (κ3) is 4.71. The minimum absolute atomic E-state index is 0.403. The SMILES string of the molecule is CCNC1CCC(CC)CC1CN1CCCOC(C)C1. The molecule has 1 saturated carbocycles. The van der Waals surface area contributed by atoms with Crippen molar-refractivity contribution in [2.24, 2.45) is 11.8 Å². The Morgan fingerprint density at radius 3 is 2.85 bits per heavy atom. The minimum Gasteiger partial charge on any atom is -0.377 e. The van der Waals surface area contributed by atoms with Gasteiger partial charge >= 0.3 is 0 Å². The van der Waals surface area contributed by atoms with Crippen LogP contribution in [0.2, 0.25) is 0 Å². The van der Waals surface area contributed by atoms with Crippen molar-refractivity contribution in [2.45, 2.75) is 65.0 Å². The Balaban J connectivity index is 1.91. The summed E-state index contributed by atoms with van der Waals surface area (Å²) in [5.41, 5.74) is 0. The Labute approximate surface area is 125 Å². The Bertz CT molecular complexity index is 272. The average molecular weight is 282 g/mol. The van der Waals surface area contributed by atoms with E-state index in [1.54, 1.807) is 0 Å². The Kier molecular flexibility index (Phi) is 6.79. The van der Waals surface area contributed by atoms with Gasteiger partial charge in [-0.3, -0.25) is 0 Å². The molecule has 4 atom stereocenters. The molecule has 20 heavy (non-hydrogen) atoms. The summed E-state index contributed by atoms with van der Waals surface area (Å²) in [4.78, 5) is 2.66. The molecular weight excluding hydrogens is 248 g/mol. The smallest absolute Gasteiger partial charge is 0.0673 e. The molecule has 2 rings (SSSR count). The molecule has 2 aliphatic rings. The highest BCUT2D eigenvalue weighted by molar-refractivity contribution is 4.86. The van der Waals surface area contributed by atoms with Crippen molar-refractivity contribution in [1.29, 1.82) is 0 Å². The maximum absolute atomic E-state index is 5.78. The van der Waals surface area contributed by atoms with Gasteiger partial charge in [0.05, 0.1) is 6.10 Å². The van der Waals surface area contributed by atoms with Gasteiger partial charge in [-0.1, -0.05) is 20.3 Å². The lowest BCUT2D eigenvalue weighted by molar-refractivity contribution is 0.0607. The maximum atomic E-state index is 5.78. The van der Waals surface area contributed by atoms with Gasteiger partial charge < -0.3 is 15.0 Å². The summed E-state index contributed by atoms with van der Waals surface area (Å²) >= 11 is 0. The lowest BCUT2D eigenvalue weighted by atomic mass is 9.76. The molecule has 118 valence electrons. The van der Waals surface area contributed by atoms with Gasteiger partial charge in [-0.15, -0.1) is 0 Å².